The largest absolute Gasteiger partial charge is 0.317 e. The lowest BCUT2D eigenvalue weighted by molar-refractivity contribution is 0.664. The van der Waals surface area contributed by atoms with Gasteiger partial charge in [-0.2, -0.15) is 0 Å². The van der Waals surface area contributed by atoms with E-state index < -0.39 is 0 Å². The Morgan fingerprint density at radius 2 is 2.17 bits per heavy atom. The molecule has 0 spiro atoms. The molecule has 1 aromatic rings. The van der Waals surface area contributed by atoms with Crippen LogP contribution in [0.3, 0.4) is 0 Å². The van der Waals surface area contributed by atoms with Crippen molar-refractivity contribution in [3.05, 3.63) is 22.1 Å². The molecule has 1 rings (SSSR count). The number of thioether (sulfide) groups is 1. The first-order valence-corrected chi connectivity index (χ1v) is 7.68. The van der Waals surface area contributed by atoms with Gasteiger partial charge in [-0.15, -0.1) is 0 Å². The summed E-state index contributed by atoms with van der Waals surface area (Å²) >= 11 is 1.63. The third-order valence-corrected chi connectivity index (χ3v) is 3.40. The van der Waals surface area contributed by atoms with E-state index >= 15 is 0 Å². The summed E-state index contributed by atoms with van der Waals surface area (Å²) in [6, 6.07) is 1.59. The molecule has 4 nitrogen and oxygen atoms in total. The number of aryl methyl sites for hydroxylation is 1. The van der Waals surface area contributed by atoms with E-state index in [1.807, 2.05) is 0 Å². The van der Waals surface area contributed by atoms with Gasteiger partial charge in [0, 0.05) is 17.5 Å². The Morgan fingerprint density at radius 1 is 1.33 bits per heavy atom. The number of hydrogen-bond acceptors (Lipinski definition) is 4. The second-order valence-electron chi connectivity index (χ2n) is 4.24. The van der Waals surface area contributed by atoms with E-state index in [0.29, 0.717) is 0 Å². The molecule has 0 atom stereocenters. The molecule has 0 aliphatic carbocycles. The highest BCUT2D eigenvalue weighted by molar-refractivity contribution is 7.99. The topological polar surface area (TPSA) is 57.8 Å². The highest BCUT2D eigenvalue weighted by atomic mass is 32.2. The number of nitrogens with one attached hydrogen (secondary N) is 2. The van der Waals surface area contributed by atoms with E-state index in [0.717, 1.165) is 49.0 Å². The Hall–Kier alpha value is -0.810. The molecule has 1 aromatic heterocycles. The van der Waals surface area contributed by atoms with Crippen LogP contribution in [0.4, 0.5) is 0 Å². The summed E-state index contributed by atoms with van der Waals surface area (Å²) in [4.78, 5) is 18.7. The molecular formula is C13H23N3OS. The van der Waals surface area contributed by atoms with Crippen LogP contribution >= 0.6 is 11.8 Å². The van der Waals surface area contributed by atoms with Crippen molar-refractivity contribution in [2.45, 2.75) is 44.7 Å². The van der Waals surface area contributed by atoms with Crippen LogP contribution in [0.5, 0.6) is 0 Å². The smallest absolute Gasteiger partial charge is 0.251 e. The monoisotopic (exact) mass is 269 g/mol. The SMILES string of the molecule is CCCNCCCSc1nc(CCC)cc(=O)[nH]1. The van der Waals surface area contributed by atoms with Crippen molar-refractivity contribution in [2.75, 3.05) is 18.8 Å². The number of nitrogens with zero attached hydrogens (tertiary/aromatic N) is 1. The summed E-state index contributed by atoms with van der Waals surface area (Å²) in [7, 11) is 0. The third-order valence-electron chi connectivity index (χ3n) is 2.44. The van der Waals surface area contributed by atoms with E-state index in [4.69, 9.17) is 0 Å². The minimum Gasteiger partial charge on any atom is -0.317 e. The quantitative estimate of drug-likeness (QED) is 0.410. The van der Waals surface area contributed by atoms with Gasteiger partial charge in [0.1, 0.15) is 0 Å². The van der Waals surface area contributed by atoms with Crippen LogP contribution in [0, 0.1) is 0 Å². The molecule has 0 aromatic carbocycles. The number of hydrogen-bond donors (Lipinski definition) is 2. The van der Waals surface area contributed by atoms with Crippen LogP contribution in [0.25, 0.3) is 0 Å². The third kappa shape index (κ3) is 6.21. The van der Waals surface area contributed by atoms with Crippen LogP contribution in [-0.4, -0.2) is 28.8 Å². The first kappa shape index (κ1) is 15.2. The van der Waals surface area contributed by atoms with Gasteiger partial charge < -0.3 is 10.3 Å². The van der Waals surface area contributed by atoms with Crippen LogP contribution < -0.4 is 10.9 Å². The summed E-state index contributed by atoms with van der Waals surface area (Å²) < 4.78 is 0. The lowest BCUT2D eigenvalue weighted by atomic mass is 10.2. The molecule has 0 aliphatic rings. The minimum atomic E-state index is -0.0416. The molecule has 1 heterocycles. The number of rotatable bonds is 9. The summed E-state index contributed by atoms with van der Waals surface area (Å²) in [5, 5.41) is 4.11. The number of aromatic amines is 1. The zero-order valence-electron chi connectivity index (χ0n) is 11.3. The van der Waals surface area contributed by atoms with Crippen molar-refractivity contribution >= 4 is 11.8 Å². The molecule has 0 bridgehead atoms. The van der Waals surface area contributed by atoms with Gasteiger partial charge >= 0.3 is 0 Å². The molecule has 18 heavy (non-hydrogen) atoms. The van der Waals surface area contributed by atoms with E-state index in [2.05, 4.69) is 29.1 Å². The maximum absolute atomic E-state index is 11.4. The second kappa shape index (κ2) is 9.16. The highest BCUT2D eigenvalue weighted by Gasteiger charge is 2.01. The Morgan fingerprint density at radius 3 is 2.89 bits per heavy atom. The summed E-state index contributed by atoms with van der Waals surface area (Å²) in [5.41, 5.74) is 0.855. The summed E-state index contributed by atoms with van der Waals surface area (Å²) in [6.07, 6.45) is 4.14. The van der Waals surface area contributed by atoms with E-state index in [1.54, 1.807) is 17.8 Å². The molecule has 5 heteroatoms. The second-order valence-corrected chi connectivity index (χ2v) is 5.33. The van der Waals surface area contributed by atoms with Gasteiger partial charge in [0.15, 0.2) is 5.16 Å². The zero-order valence-corrected chi connectivity index (χ0v) is 12.1. The Labute approximate surface area is 113 Å². The van der Waals surface area contributed by atoms with Gasteiger partial charge in [-0.05, 0) is 32.4 Å². The standard InChI is InChI=1S/C13H23N3OS/c1-3-6-11-10-12(17)16-13(15-11)18-9-5-8-14-7-4-2/h10,14H,3-9H2,1-2H3,(H,15,16,17). The Kier molecular flexibility index (Phi) is 7.76. The van der Waals surface area contributed by atoms with Crippen molar-refractivity contribution in [3.63, 3.8) is 0 Å². The van der Waals surface area contributed by atoms with Crippen molar-refractivity contribution < 1.29 is 0 Å². The molecule has 0 saturated carbocycles. The molecule has 0 unspecified atom stereocenters. The fourth-order valence-electron chi connectivity index (χ4n) is 1.60. The summed E-state index contributed by atoms with van der Waals surface area (Å²) in [5.74, 6) is 0.981. The predicted octanol–water partition coefficient (Wildman–Crippen LogP) is 2.20. The Bertz CT molecular complexity index is 392. The van der Waals surface area contributed by atoms with Crippen molar-refractivity contribution in [2.24, 2.45) is 0 Å². The summed E-state index contributed by atoms with van der Waals surface area (Å²) in [6.45, 7) is 6.36. The normalized spacial score (nSPS) is 10.8. The number of H-pyrrole nitrogens is 1. The minimum absolute atomic E-state index is 0.0416. The van der Waals surface area contributed by atoms with Crippen molar-refractivity contribution in [1.29, 1.82) is 0 Å². The molecule has 102 valence electrons. The molecule has 0 saturated heterocycles. The maximum Gasteiger partial charge on any atom is 0.251 e. The van der Waals surface area contributed by atoms with Gasteiger partial charge in [-0.25, -0.2) is 4.98 Å². The fraction of sp³-hybridized carbons (Fsp3) is 0.692. The van der Waals surface area contributed by atoms with Crippen LogP contribution in [0.2, 0.25) is 0 Å². The fourth-order valence-corrected chi connectivity index (χ4v) is 2.44. The molecule has 0 aliphatic heterocycles. The van der Waals surface area contributed by atoms with Gasteiger partial charge in [0.05, 0.1) is 0 Å². The van der Waals surface area contributed by atoms with Gasteiger partial charge in [0.25, 0.3) is 5.56 Å². The molecular weight excluding hydrogens is 246 g/mol. The van der Waals surface area contributed by atoms with E-state index in [9.17, 15) is 4.79 Å². The highest BCUT2D eigenvalue weighted by Crippen LogP contribution is 2.12. The van der Waals surface area contributed by atoms with Gasteiger partial charge in [-0.1, -0.05) is 32.0 Å². The maximum atomic E-state index is 11.4. The van der Waals surface area contributed by atoms with E-state index in [-0.39, 0.29) is 5.56 Å². The molecule has 0 radical (unpaired) electrons. The lowest BCUT2D eigenvalue weighted by Crippen LogP contribution is -2.16. The van der Waals surface area contributed by atoms with Crippen LogP contribution in [0.1, 0.15) is 38.8 Å². The average molecular weight is 269 g/mol. The van der Waals surface area contributed by atoms with Crippen molar-refractivity contribution in [3.8, 4) is 0 Å². The first-order chi connectivity index (χ1) is 8.76. The average Bonchev–Trinajstić information content (AvgIpc) is 2.33. The first-order valence-electron chi connectivity index (χ1n) is 6.70. The van der Waals surface area contributed by atoms with Gasteiger partial charge in [-0.3, -0.25) is 4.79 Å². The van der Waals surface area contributed by atoms with E-state index in [1.165, 1.54) is 6.42 Å². The lowest BCUT2D eigenvalue weighted by Gasteiger charge is -2.04. The predicted molar refractivity (Wildman–Crippen MR) is 77.4 cm³/mol. The van der Waals surface area contributed by atoms with Crippen LogP contribution in [-0.2, 0) is 6.42 Å². The van der Waals surface area contributed by atoms with Crippen LogP contribution in [0.15, 0.2) is 16.0 Å². The van der Waals surface area contributed by atoms with Crippen molar-refractivity contribution in [1.82, 2.24) is 15.3 Å². The molecule has 0 amide bonds. The molecule has 0 fully saturated rings. The molecule has 2 N–H and O–H groups in total. The number of aromatic nitrogens is 2. The van der Waals surface area contributed by atoms with Gasteiger partial charge in [0.2, 0.25) is 0 Å². The Balaban J connectivity index is 2.35. The zero-order chi connectivity index (χ0) is 13.2.